The molecule has 128 valence electrons. The van der Waals surface area contributed by atoms with Crippen molar-refractivity contribution in [2.45, 2.75) is 60.8 Å². The molecule has 0 fully saturated rings. The first-order valence-corrected chi connectivity index (χ1v) is 12.4. The van der Waals surface area contributed by atoms with Crippen LogP contribution >= 0.6 is 0 Å². The first-order valence-electron chi connectivity index (χ1n) is 8.74. The zero-order chi connectivity index (χ0) is 16.8. The molecular weight excluding hydrogens is 379 g/mol. The van der Waals surface area contributed by atoms with Crippen LogP contribution < -0.4 is 21.2 Å². The van der Waals surface area contributed by atoms with Crippen LogP contribution in [0.5, 0.6) is 0 Å². The van der Waals surface area contributed by atoms with Gasteiger partial charge in [-0.1, -0.05) is 0 Å². The average Bonchev–Trinajstić information content (AvgIpc) is 2.44. The third kappa shape index (κ3) is 4.97. The van der Waals surface area contributed by atoms with Gasteiger partial charge in [-0.15, -0.1) is 0 Å². The maximum atomic E-state index is 2.56. The van der Waals surface area contributed by atoms with Crippen LogP contribution in [0.15, 0.2) is 30.3 Å². The second kappa shape index (κ2) is 8.70. The molecule has 3 unspecified atom stereocenters. The van der Waals surface area contributed by atoms with E-state index in [0.29, 0.717) is 32.0 Å². The molecule has 0 radical (unpaired) electrons. The quantitative estimate of drug-likeness (QED) is 0.452. The molecule has 3 atom stereocenters. The second-order valence-corrected chi connectivity index (χ2v) is 10.5. The van der Waals surface area contributed by atoms with E-state index in [9.17, 15) is 0 Å². The van der Waals surface area contributed by atoms with E-state index < -0.39 is 0 Å². The van der Waals surface area contributed by atoms with E-state index in [1.165, 1.54) is 29.3 Å². The Morgan fingerprint density at radius 1 is 1.05 bits per heavy atom. The Morgan fingerprint density at radius 2 is 1.64 bits per heavy atom. The van der Waals surface area contributed by atoms with Crippen LogP contribution in [-0.2, 0) is 6.42 Å². The van der Waals surface area contributed by atoms with Crippen LogP contribution in [0.3, 0.4) is 0 Å². The molecule has 0 aliphatic rings. The van der Waals surface area contributed by atoms with Crippen molar-refractivity contribution in [2.24, 2.45) is 22.7 Å². The molecule has 0 heterocycles. The molecule has 0 aromatic heterocycles. The summed E-state index contributed by atoms with van der Waals surface area (Å²) in [6.07, 6.45) is 3.87. The van der Waals surface area contributed by atoms with Gasteiger partial charge in [0.15, 0.2) is 0 Å². The van der Waals surface area contributed by atoms with Crippen LogP contribution in [0.25, 0.3) is 0 Å². The summed E-state index contributed by atoms with van der Waals surface area (Å²) in [5, 5.41) is 0. The van der Waals surface area contributed by atoms with Crippen molar-refractivity contribution in [3.8, 4) is 0 Å². The first-order chi connectivity index (χ1) is 10.3. The van der Waals surface area contributed by atoms with Crippen molar-refractivity contribution in [3.63, 3.8) is 0 Å². The van der Waals surface area contributed by atoms with E-state index in [0.717, 1.165) is 11.8 Å². The Labute approximate surface area is 149 Å². The number of rotatable bonds is 8. The molecule has 0 saturated heterocycles. The van der Waals surface area contributed by atoms with Crippen molar-refractivity contribution < 1.29 is 21.2 Å². The molecule has 0 spiro atoms. The Morgan fingerprint density at radius 3 is 2.09 bits per heavy atom. The molecular formula is C21H36I-. The maximum absolute atomic E-state index is 2.56. The van der Waals surface area contributed by atoms with Gasteiger partial charge in [-0.25, -0.2) is 0 Å². The summed E-state index contributed by atoms with van der Waals surface area (Å²) in [7, 11) is 0. The van der Waals surface area contributed by atoms with Gasteiger partial charge < -0.3 is 0 Å². The van der Waals surface area contributed by atoms with Crippen molar-refractivity contribution in [3.05, 3.63) is 35.9 Å². The molecule has 1 aromatic rings. The summed E-state index contributed by atoms with van der Waals surface area (Å²) >= 11 is 0.377. The van der Waals surface area contributed by atoms with Crippen LogP contribution in [0, 0.1) is 22.7 Å². The molecule has 1 heteroatoms. The molecule has 0 N–H and O–H groups in total. The monoisotopic (exact) mass is 415 g/mol. The zero-order valence-electron chi connectivity index (χ0n) is 15.7. The summed E-state index contributed by atoms with van der Waals surface area (Å²) in [6, 6.07) is 11.1. The van der Waals surface area contributed by atoms with Gasteiger partial charge in [0.1, 0.15) is 0 Å². The van der Waals surface area contributed by atoms with Gasteiger partial charge in [-0.2, -0.15) is 0 Å². The fourth-order valence-electron chi connectivity index (χ4n) is 3.87. The van der Waals surface area contributed by atoms with Crippen molar-refractivity contribution in [1.82, 2.24) is 0 Å². The van der Waals surface area contributed by atoms with Crippen LogP contribution in [0.1, 0.15) is 59.9 Å². The fraction of sp³-hybridized carbons (Fsp3) is 0.714. The predicted molar refractivity (Wildman–Crippen MR) is 96.1 cm³/mol. The zero-order valence-corrected chi connectivity index (χ0v) is 17.9. The third-order valence-electron chi connectivity index (χ3n) is 5.63. The van der Waals surface area contributed by atoms with E-state index in [1.807, 2.05) is 0 Å². The Hall–Kier alpha value is -0.0500. The van der Waals surface area contributed by atoms with Gasteiger partial charge in [0, 0.05) is 0 Å². The van der Waals surface area contributed by atoms with Crippen molar-refractivity contribution in [1.29, 1.82) is 0 Å². The first kappa shape index (κ1) is 20.0. The number of benzene rings is 1. The molecule has 1 aromatic carbocycles. The van der Waals surface area contributed by atoms with Gasteiger partial charge in [0.25, 0.3) is 0 Å². The standard InChI is InChI=1S/C21H36I/c1-8-12-19(17(2)16-22-7)21(6,20(3,4)5)15-18-13-10-9-11-14-18/h9-11,13-14,17,19H,8,12,15-16H2,1-7H3/q-1. The Bertz CT molecular complexity index is 417. The van der Waals surface area contributed by atoms with Gasteiger partial charge in [0.05, 0.1) is 0 Å². The van der Waals surface area contributed by atoms with E-state index in [-0.39, 0.29) is 0 Å². The number of alkyl halides is 2. The molecule has 0 amide bonds. The summed E-state index contributed by atoms with van der Waals surface area (Å²) in [5.41, 5.74) is 2.17. The van der Waals surface area contributed by atoms with Gasteiger partial charge in [-0.05, 0) is 0 Å². The van der Waals surface area contributed by atoms with Crippen LogP contribution in [0.2, 0.25) is 0 Å². The Balaban J connectivity index is 3.17. The fourth-order valence-corrected chi connectivity index (χ4v) is 5.87. The molecule has 22 heavy (non-hydrogen) atoms. The van der Waals surface area contributed by atoms with E-state index in [1.54, 1.807) is 0 Å². The number of hydrogen-bond acceptors (Lipinski definition) is 0. The minimum absolute atomic E-state index is 0.322. The Kier molecular flexibility index (Phi) is 7.91. The van der Waals surface area contributed by atoms with E-state index >= 15 is 0 Å². The molecule has 0 nitrogen and oxygen atoms in total. The summed E-state index contributed by atoms with van der Waals surface area (Å²) in [6.45, 7) is 14.8. The van der Waals surface area contributed by atoms with Crippen molar-refractivity contribution in [2.75, 3.05) is 9.36 Å². The summed E-state index contributed by atoms with van der Waals surface area (Å²) < 4.78 is 1.46. The topological polar surface area (TPSA) is 0 Å². The SMILES string of the molecule is CCCC(C(C)C[I-]C)C(C)(Cc1ccccc1)C(C)(C)C. The normalized spacial score (nSPS) is 18.0. The van der Waals surface area contributed by atoms with E-state index in [4.69, 9.17) is 0 Å². The van der Waals surface area contributed by atoms with Gasteiger partial charge in [-0.3, -0.25) is 0 Å². The predicted octanol–water partition coefficient (Wildman–Crippen LogP) is 3.05. The molecule has 0 saturated carbocycles. The van der Waals surface area contributed by atoms with Crippen LogP contribution in [-0.4, -0.2) is 9.36 Å². The average molecular weight is 415 g/mol. The summed E-state index contributed by atoms with van der Waals surface area (Å²) in [5.74, 6) is 1.67. The van der Waals surface area contributed by atoms with E-state index in [2.05, 4.69) is 76.8 Å². The molecule has 0 aliphatic carbocycles. The number of halogens is 1. The number of hydrogen-bond donors (Lipinski definition) is 0. The van der Waals surface area contributed by atoms with Gasteiger partial charge in [0.2, 0.25) is 0 Å². The minimum atomic E-state index is 0.322. The molecule has 0 aliphatic heterocycles. The van der Waals surface area contributed by atoms with Crippen molar-refractivity contribution >= 4 is 0 Å². The molecule has 1 rings (SSSR count). The molecule has 0 bridgehead atoms. The third-order valence-corrected chi connectivity index (χ3v) is 7.90. The second-order valence-electron chi connectivity index (χ2n) is 8.12. The summed E-state index contributed by atoms with van der Waals surface area (Å²) in [4.78, 5) is 2.43. The van der Waals surface area contributed by atoms with Crippen LogP contribution in [0.4, 0.5) is 0 Å². The van der Waals surface area contributed by atoms with Gasteiger partial charge >= 0.3 is 150 Å².